The summed E-state index contributed by atoms with van der Waals surface area (Å²) in [6, 6.07) is 9.10. The van der Waals surface area contributed by atoms with E-state index in [0.29, 0.717) is 12.1 Å². The van der Waals surface area contributed by atoms with E-state index in [1.807, 2.05) is 19.2 Å². The lowest BCUT2D eigenvalue weighted by molar-refractivity contribution is 0.178. The van der Waals surface area contributed by atoms with Gasteiger partial charge >= 0.3 is 0 Å². The lowest BCUT2D eigenvalue weighted by Gasteiger charge is -2.33. The Balaban J connectivity index is 2.73. The molecule has 96 valence electrons. The molecule has 0 aliphatic heterocycles. The number of hydrogen-bond donors (Lipinski definition) is 1. The number of nitrogens with zero attached hydrogens (tertiary/aromatic N) is 1. The Morgan fingerprint density at radius 1 is 1.29 bits per heavy atom. The standard InChI is InChI=1S/C14H23ClN2/c1-5-14(10-16-3)17(4)11(2)12-6-8-13(15)9-7-12/h6-9,11,14,16H,5,10H2,1-4H3. The van der Waals surface area contributed by atoms with Crippen LogP contribution in [0.15, 0.2) is 24.3 Å². The van der Waals surface area contributed by atoms with Gasteiger partial charge in [-0.3, -0.25) is 4.90 Å². The van der Waals surface area contributed by atoms with Crippen LogP contribution < -0.4 is 5.32 Å². The predicted octanol–water partition coefficient (Wildman–Crippen LogP) is 3.33. The van der Waals surface area contributed by atoms with Crippen molar-refractivity contribution in [3.05, 3.63) is 34.9 Å². The Hall–Kier alpha value is -0.570. The highest BCUT2D eigenvalue weighted by Gasteiger charge is 2.18. The van der Waals surface area contributed by atoms with Gasteiger partial charge in [-0.1, -0.05) is 30.7 Å². The van der Waals surface area contributed by atoms with Gasteiger partial charge in [-0.2, -0.15) is 0 Å². The molecular formula is C14H23ClN2. The first-order valence-electron chi connectivity index (χ1n) is 6.22. The largest absolute Gasteiger partial charge is 0.318 e. The first-order chi connectivity index (χ1) is 8.10. The van der Waals surface area contributed by atoms with E-state index in [4.69, 9.17) is 11.6 Å². The second kappa shape index (κ2) is 7.00. The minimum absolute atomic E-state index is 0.408. The molecule has 0 radical (unpaired) electrons. The summed E-state index contributed by atoms with van der Waals surface area (Å²) in [6.45, 7) is 5.49. The molecule has 3 heteroatoms. The summed E-state index contributed by atoms with van der Waals surface area (Å²) in [6.07, 6.45) is 1.15. The first-order valence-corrected chi connectivity index (χ1v) is 6.60. The fourth-order valence-corrected chi connectivity index (χ4v) is 2.23. The Labute approximate surface area is 110 Å². The van der Waals surface area contributed by atoms with Crippen LogP contribution in [0.3, 0.4) is 0 Å². The van der Waals surface area contributed by atoms with E-state index in [9.17, 15) is 0 Å². The maximum Gasteiger partial charge on any atom is 0.0406 e. The van der Waals surface area contributed by atoms with Crippen molar-refractivity contribution in [2.24, 2.45) is 0 Å². The molecule has 1 rings (SSSR count). The van der Waals surface area contributed by atoms with E-state index in [1.54, 1.807) is 0 Å². The van der Waals surface area contributed by atoms with Crippen molar-refractivity contribution in [1.82, 2.24) is 10.2 Å². The van der Waals surface area contributed by atoms with E-state index in [-0.39, 0.29) is 0 Å². The van der Waals surface area contributed by atoms with Crippen LogP contribution in [0.1, 0.15) is 31.9 Å². The topological polar surface area (TPSA) is 15.3 Å². The Kier molecular flexibility index (Phi) is 5.96. The predicted molar refractivity (Wildman–Crippen MR) is 75.6 cm³/mol. The van der Waals surface area contributed by atoms with Gasteiger partial charge in [0.25, 0.3) is 0 Å². The van der Waals surface area contributed by atoms with Gasteiger partial charge in [0.2, 0.25) is 0 Å². The van der Waals surface area contributed by atoms with E-state index in [2.05, 4.69) is 43.2 Å². The molecule has 1 N–H and O–H groups in total. The molecule has 2 unspecified atom stereocenters. The summed E-state index contributed by atoms with van der Waals surface area (Å²) in [5.74, 6) is 0. The maximum atomic E-state index is 5.91. The molecule has 17 heavy (non-hydrogen) atoms. The fourth-order valence-electron chi connectivity index (χ4n) is 2.10. The Morgan fingerprint density at radius 2 is 1.88 bits per heavy atom. The van der Waals surface area contributed by atoms with Crippen molar-refractivity contribution >= 4 is 11.6 Å². The molecule has 0 heterocycles. The molecule has 0 saturated carbocycles. The molecule has 0 spiro atoms. The van der Waals surface area contributed by atoms with Crippen molar-refractivity contribution in [3.63, 3.8) is 0 Å². The normalized spacial score (nSPS) is 14.9. The molecule has 0 saturated heterocycles. The third kappa shape index (κ3) is 3.98. The molecule has 0 aromatic heterocycles. The zero-order chi connectivity index (χ0) is 12.8. The molecule has 1 aromatic rings. The summed E-state index contributed by atoms with van der Waals surface area (Å²) in [7, 11) is 4.19. The van der Waals surface area contributed by atoms with E-state index < -0.39 is 0 Å². The van der Waals surface area contributed by atoms with Crippen molar-refractivity contribution in [2.45, 2.75) is 32.4 Å². The zero-order valence-corrected chi connectivity index (χ0v) is 12.0. The minimum atomic E-state index is 0.408. The quantitative estimate of drug-likeness (QED) is 0.838. The van der Waals surface area contributed by atoms with E-state index >= 15 is 0 Å². The molecule has 0 amide bonds. The lowest BCUT2D eigenvalue weighted by atomic mass is 10.0. The highest BCUT2D eigenvalue weighted by atomic mass is 35.5. The SMILES string of the molecule is CCC(CNC)N(C)C(C)c1ccc(Cl)cc1. The second-order valence-electron chi connectivity index (χ2n) is 4.51. The number of rotatable bonds is 6. The molecule has 0 aliphatic rings. The lowest BCUT2D eigenvalue weighted by Crippen LogP contribution is -2.40. The summed E-state index contributed by atoms with van der Waals surface area (Å²) in [5.41, 5.74) is 1.31. The molecule has 2 atom stereocenters. The summed E-state index contributed by atoms with van der Waals surface area (Å²) in [4.78, 5) is 2.42. The van der Waals surface area contributed by atoms with E-state index in [0.717, 1.165) is 18.0 Å². The number of hydrogen-bond acceptors (Lipinski definition) is 2. The van der Waals surface area contributed by atoms with Crippen LogP contribution in [0, 0.1) is 0 Å². The smallest absolute Gasteiger partial charge is 0.0406 e. The van der Waals surface area contributed by atoms with Gasteiger partial charge in [0.1, 0.15) is 0 Å². The summed E-state index contributed by atoms with van der Waals surface area (Å²) >= 11 is 5.91. The van der Waals surface area contributed by atoms with Gasteiger partial charge in [-0.05, 0) is 45.1 Å². The van der Waals surface area contributed by atoms with Gasteiger partial charge in [0.05, 0.1) is 0 Å². The number of benzene rings is 1. The third-order valence-electron chi connectivity index (χ3n) is 3.45. The first kappa shape index (κ1) is 14.5. The summed E-state index contributed by atoms with van der Waals surface area (Å²) in [5, 5.41) is 4.05. The summed E-state index contributed by atoms with van der Waals surface area (Å²) < 4.78 is 0. The molecule has 0 aliphatic carbocycles. The van der Waals surface area contributed by atoms with Gasteiger partial charge < -0.3 is 5.32 Å². The Bertz CT molecular complexity index is 323. The average molecular weight is 255 g/mol. The molecule has 1 aromatic carbocycles. The average Bonchev–Trinajstić information content (AvgIpc) is 2.35. The van der Waals surface area contributed by atoms with Crippen LogP contribution >= 0.6 is 11.6 Å². The van der Waals surface area contributed by atoms with Crippen LogP contribution in [-0.2, 0) is 0 Å². The van der Waals surface area contributed by atoms with Crippen LogP contribution in [-0.4, -0.2) is 31.6 Å². The zero-order valence-electron chi connectivity index (χ0n) is 11.2. The number of nitrogens with one attached hydrogen (secondary N) is 1. The minimum Gasteiger partial charge on any atom is -0.318 e. The Morgan fingerprint density at radius 3 is 2.35 bits per heavy atom. The molecule has 0 bridgehead atoms. The van der Waals surface area contributed by atoms with Crippen LogP contribution in [0.4, 0.5) is 0 Å². The van der Waals surface area contributed by atoms with Gasteiger partial charge in [0.15, 0.2) is 0 Å². The maximum absolute atomic E-state index is 5.91. The van der Waals surface area contributed by atoms with Crippen LogP contribution in [0.25, 0.3) is 0 Å². The molecule has 0 fully saturated rings. The van der Waals surface area contributed by atoms with Crippen LogP contribution in [0.5, 0.6) is 0 Å². The van der Waals surface area contributed by atoms with Gasteiger partial charge in [0, 0.05) is 23.7 Å². The number of likely N-dealkylation sites (N-methyl/N-ethyl adjacent to an activating group) is 2. The monoisotopic (exact) mass is 254 g/mol. The van der Waals surface area contributed by atoms with E-state index in [1.165, 1.54) is 5.56 Å². The molecular weight excluding hydrogens is 232 g/mol. The van der Waals surface area contributed by atoms with Crippen molar-refractivity contribution < 1.29 is 0 Å². The third-order valence-corrected chi connectivity index (χ3v) is 3.70. The van der Waals surface area contributed by atoms with Crippen molar-refractivity contribution in [3.8, 4) is 0 Å². The highest BCUT2D eigenvalue weighted by Crippen LogP contribution is 2.23. The number of halogens is 1. The van der Waals surface area contributed by atoms with Crippen molar-refractivity contribution in [2.75, 3.05) is 20.6 Å². The second-order valence-corrected chi connectivity index (χ2v) is 4.95. The van der Waals surface area contributed by atoms with Crippen molar-refractivity contribution in [1.29, 1.82) is 0 Å². The van der Waals surface area contributed by atoms with Gasteiger partial charge in [-0.25, -0.2) is 0 Å². The fraction of sp³-hybridized carbons (Fsp3) is 0.571. The molecule has 2 nitrogen and oxygen atoms in total. The van der Waals surface area contributed by atoms with Gasteiger partial charge in [-0.15, -0.1) is 0 Å². The van der Waals surface area contributed by atoms with Crippen LogP contribution in [0.2, 0.25) is 5.02 Å². The highest BCUT2D eigenvalue weighted by molar-refractivity contribution is 6.30.